The Bertz CT molecular complexity index is 208. The number of benzene rings is 1. The molecule has 1 aromatic carbocycles. The van der Waals surface area contributed by atoms with Crippen LogP contribution in [0.1, 0.15) is 6.92 Å². The summed E-state index contributed by atoms with van der Waals surface area (Å²) in [5, 5.41) is 0. The van der Waals surface area contributed by atoms with Crippen LogP contribution in [0.2, 0.25) is 0 Å². The zero-order chi connectivity index (χ0) is 8.81. The van der Waals surface area contributed by atoms with Gasteiger partial charge in [0.15, 0.2) is 0 Å². The second kappa shape index (κ2) is 4.78. The van der Waals surface area contributed by atoms with Crippen LogP contribution in [0.15, 0.2) is 30.3 Å². The van der Waals surface area contributed by atoms with Gasteiger partial charge < -0.3 is 9.47 Å². The molecular formula is C10H14O2. The highest BCUT2D eigenvalue weighted by Gasteiger charge is 2.01. The molecule has 1 aromatic rings. The molecule has 0 aliphatic heterocycles. The average molecular weight is 166 g/mol. The van der Waals surface area contributed by atoms with Crippen molar-refractivity contribution in [2.45, 2.75) is 13.0 Å². The van der Waals surface area contributed by atoms with Gasteiger partial charge in [0.05, 0.1) is 6.61 Å². The van der Waals surface area contributed by atoms with Crippen LogP contribution in [0.4, 0.5) is 0 Å². The van der Waals surface area contributed by atoms with E-state index in [2.05, 4.69) is 0 Å². The molecule has 66 valence electrons. The maximum Gasteiger partial charge on any atom is 0.119 e. The first-order valence-corrected chi connectivity index (χ1v) is 4.03. The van der Waals surface area contributed by atoms with Gasteiger partial charge in [0, 0.05) is 7.11 Å². The zero-order valence-corrected chi connectivity index (χ0v) is 7.49. The van der Waals surface area contributed by atoms with E-state index in [9.17, 15) is 0 Å². The molecule has 0 N–H and O–H groups in total. The number of para-hydroxylation sites is 1. The lowest BCUT2D eigenvalue weighted by Crippen LogP contribution is -2.17. The molecule has 0 aliphatic rings. The van der Waals surface area contributed by atoms with Gasteiger partial charge in [-0.2, -0.15) is 0 Å². The fourth-order valence-electron chi connectivity index (χ4n) is 1.00. The van der Waals surface area contributed by atoms with Crippen LogP contribution in [0.5, 0.6) is 5.75 Å². The van der Waals surface area contributed by atoms with Gasteiger partial charge in [-0.1, -0.05) is 18.2 Å². The minimum atomic E-state index is 0.109. The van der Waals surface area contributed by atoms with Crippen molar-refractivity contribution >= 4 is 0 Å². The van der Waals surface area contributed by atoms with Crippen molar-refractivity contribution < 1.29 is 9.47 Å². The third kappa shape index (κ3) is 2.93. The molecule has 12 heavy (non-hydrogen) atoms. The Kier molecular flexibility index (Phi) is 3.61. The summed E-state index contributed by atoms with van der Waals surface area (Å²) < 4.78 is 10.5. The van der Waals surface area contributed by atoms with Crippen LogP contribution < -0.4 is 4.74 Å². The summed E-state index contributed by atoms with van der Waals surface area (Å²) in [5.41, 5.74) is 0. The van der Waals surface area contributed by atoms with Gasteiger partial charge in [-0.25, -0.2) is 0 Å². The van der Waals surface area contributed by atoms with E-state index in [1.807, 2.05) is 37.3 Å². The van der Waals surface area contributed by atoms with Crippen molar-refractivity contribution in [3.63, 3.8) is 0 Å². The van der Waals surface area contributed by atoms with Crippen LogP contribution in [0, 0.1) is 0 Å². The van der Waals surface area contributed by atoms with Gasteiger partial charge >= 0.3 is 0 Å². The van der Waals surface area contributed by atoms with Crippen LogP contribution in [0.3, 0.4) is 0 Å². The van der Waals surface area contributed by atoms with Gasteiger partial charge in [-0.3, -0.25) is 0 Å². The number of ether oxygens (including phenoxy) is 2. The number of rotatable bonds is 4. The molecule has 0 fully saturated rings. The van der Waals surface area contributed by atoms with E-state index in [4.69, 9.17) is 9.47 Å². The quantitative estimate of drug-likeness (QED) is 0.682. The van der Waals surface area contributed by atoms with Crippen molar-refractivity contribution in [1.29, 1.82) is 0 Å². The Balaban J connectivity index is 2.41. The van der Waals surface area contributed by atoms with Crippen LogP contribution in [-0.2, 0) is 4.74 Å². The fourth-order valence-corrected chi connectivity index (χ4v) is 1.00. The van der Waals surface area contributed by atoms with Crippen LogP contribution >= 0.6 is 0 Å². The zero-order valence-electron chi connectivity index (χ0n) is 7.49. The molecule has 0 radical (unpaired) electrons. The number of methoxy groups -OCH3 is 1. The molecule has 0 aliphatic carbocycles. The predicted octanol–water partition coefficient (Wildman–Crippen LogP) is 2.10. The average Bonchev–Trinajstić information content (AvgIpc) is 2.06. The van der Waals surface area contributed by atoms with Crippen molar-refractivity contribution in [3.8, 4) is 5.75 Å². The molecule has 1 atom stereocenters. The number of hydrogen-bond acceptors (Lipinski definition) is 2. The Labute approximate surface area is 73.1 Å². The number of hydrogen-bond donors (Lipinski definition) is 0. The van der Waals surface area contributed by atoms with Gasteiger partial charge in [0.1, 0.15) is 11.9 Å². The van der Waals surface area contributed by atoms with Gasteiger partial charge in [0.2, 0.25) is 0 Å². The maximum atomic E-state index is 5.53. The minimum Gasteiger partial charge on any atom is -0.488 e. The lowest BCUT2D eigenvalue weighted by molar-refractivity contribution is 0.0921. The Morgan fingerprint density at radius 1 is 1.25 bits per heavy atom. The van der Waals surface area contributed by atoms with E-state index in [-0.39, 0.29) is 6.10 Å². The molecule has 0 saturated carbocycles. The van der Waals surface area contributed by atoms with E-state index in [0.29, 0.717) is 6.61 Å². The minimum absolute atomic E-state index is 0.109. The topological polar surface area (TPSA) is 18.5 Å². The van der Waals surface area contributed by atoms with Crippen LogP contribution in [0.25, 0.3) is 0 Å². The Morgan fingerprint density at radius 3 is 2.50 bits per heavy atom. The monoisotopic (exact) mass is 166 g/mol. The highest BCUT2D eigenvalue weighted by Crippen LogP contribution is 2.10. The van der Waals surface area contributed by atoms with Gasteiger partial charge in [-0.05, 0) is 19.1 Å². The summed E-state index contributed by atoms with van der Waals surface area (Å²) in [4.78, 5) is 0. The Hall–Kier alpha value is -1.02. The lowest BCUT2D eigenvalue weighted by Gasteiger charge is -2.12. The normalized spacial score (nSPS) is 12.5. The fraction of sp³-hybridized carbons (Fsp3) is 0.400. The summed E-state index contributed by atoms with van der Waals surface area (Å²) in [6.45, 7) is 2.60. The van der Waals surface area contributed by atoms with E-state index in [1.165, 1.54) is 0 Å². The third-order valence-electron chi connectivity index (χ3n) is 1.48. The van der Waals surface area contributed by atoms with E-state index in [1.54, 1.807) is 7.11 Å². The molecule has 0 saturated heterocycles. The summed E-state index contributed by atoms with van der Waals surface area (Å²) in [7, 11) is 1.67. The predicted molar refractivity (Wildman–Crippen MR) is 48.4 cm³/mol. The molecule has 0 spiro atoms. The first kappa shape index (κ1) is 9.07. The van der Waals surface area contributed by atoms with Crippen molar-refractivity contribution in [2.75, 3.05) is 13.7 Å². The molecule has 0 aromatic heterocycles. The molecular weight excluding hydrogens is 152 g/mol. The summed E-state index contributed by atoms with van der Waals surface area (Å²) in [6.07, 6.45) is 0.109. The van der Waals surface area contributed by atoms with Crippen molar-refractivity contribution in [1.82, 2.24) is 0 Å². The van der Waals surface area contributed by atoms with Crippen LogP contribution in [-0.4, -0.2) is 19.8 Å². The summed E-state index contributed by atoms with van der Waals surface area (Å²) in [6, 6.07) is 9.75. The first-order valence-electron chi connectivity index (χ1n) is 4.03. The Morgan fingerprint density at radius 2 is 1.92 bits per heavy atom. The summed E-state index contributed by atoms with van der Waals surface area (Å²) in [5.74, 6) is 0.891. The molecule has 1 rings (SSSR count). The maximum absolute atomic E-state index is 5.53. The molecule has 0 bridgehead atoms. The highest BCUT2D eigenvalue weighted by atomic mass is 16.5. The third-order valence-corrected chi connectivity index (χ3v) is 1.48. The van der Waals surface area contributed by atoms with E-state index in [0.717, 1.165) is 5.75 Å². The van der Waals surface area contributed by atoms with Crippen molar-refractivity contribution in [2.24, 2.45) is 0 Å². The largest absolute Gasteiger partial charge is 0.488 e. The smallest absolute Gasteiger partial charge is 0.119 e. The second-order valence-electron chi connectivity index (χ2n) is 2.70. The van der Waals surface area contributed by atoms with E-state index < -0.39 is 0 Å². The molecule has 0 unspecified atom stereocenters. The highest BCUT2D eigenvalue weighted by molar-refractivity contribution is 5.21. The molecule has 0 amide bonds. The lowest BCUT2D eigenvalue weighted by atomic mass is 10.3. The summed E-state index contributed by atoms with van der Waals surface area (Å²) >= 11 is 0. The molecule has 2 nitrogen and oxygen atoms in total. The molecule has 0 heterocycles. The van der Waals surface area contributed by atoms with E-state index >= 15 is 0 Å². The van der Waals surface area contributed by atoms with Gasteiger partial charge in [-0.15, -0.1) is 0 Å². The van der Waals surface area contributed by atoms with Crippen molar-refractivity contribution in [3.05, 3.63) is 30.3 Å². The first-order chi connectivity index (χ1) is 5.83. The second-order valence-corrected chi connectivity index (χ2v) is 2.70. The SMILES string of the molecule is COC[C@@H](C)Oc1ccccc1. The molecule has 2 heteroatoms. The standard InChI is InChI=1S/C10H14O2/c1-9(8-11-2)12-10-6-4-3-5-7-10/h3-7,9H,8H2,1-2H3/t9-/m1/s1. The van der Waals surface area contributed by atoms with Gasteiger partial charge in [0.25, 0.3) is 0 Å².